The number of methoxy groups -OCH3 is 1. The van der Waals surface area contributed by atoms with Crippen LogP contribution in [0.25, 0.3) is 0 Å². The molecule has 112 valence electrons. The van der Waals surface area contributed by atoms with E-state index in [0.717, 1.165) is 13.2 Å². The largest absolute Gasteiger partial charge is 0.480 e. The molecule has 2 N–H and O–H groups in total. The molecule has 0 aliphatic heterocycles. The van der Waals surface area contributed by atoms with E-state index < -0.39 is 51.0 Å². The zero-order chi connectivity index (χ0) is 16.2. The summed E-state index contributed by atoms with van der Waals surface area (Å²) in [7, 11) is 0.980. The SMILES string of the molecule is COC(=O)c1cc([N+](=O)[O-])cc([N+](=O)[O-])c1NCC(=O)O. The number of carbonyl (C=O) groups is 2. The number of anilines is 1. The minimum Gasteiger partial charge on any atom is -0.480 e. The molecule has 21 heavy (non-hydrogen) atoms. The highest BCUT2D eigenvalue weighted by molar-refractivity contribution is 5.99. The van der Waals surface area contributed by atoms with Gasteiger partial charge in [-0.05, 0) is 0 Å². The number of aliphatic carboxylic acids is 1. The molecule has 0 heterocycles. The lowest BCUT2D eigenvalue weighted by Gasteiger charge is -2.09. The molecule has 0 aliphatic carbocycles. The van der Waals surface area contributed by atoms with Crippen LogP contribution in [0.4, 0.5) is 17.1 Å². The summed E-state index contributed by atoms with van der Waals surface area (Å²) in [5.74, 6) is -2.41. The highest BCUT2D eigenvalue weighted by atomic mass is 16.6. The summed E-state index contributed by atoms with van der Waals surface area (Å²) in [5, 5.41) is 32.4. The highest BCUT2D eigenvalue weighted by Crippen LogP contribution is 2.33. The first-order chi connectivity index (χ1) is 9.77. The van der Waals surface area contributed by atoms with Crippen LogP contribution >= 0.6 is 0 Å². The molecule has 11 heteroatoms. The van der Waals surface area contributed by atoms with Gasteiger partial charge < -0.3 is 15.2 Å². The Bertz CT molecular complexity index is 627. The second-order valence-electron chi connectivity index (χ2n) is 3.64. The van der Waals surface area contributed by atoms with Crippen LogP contribution in [0.1, 0.15) is 10.4 Å². The van der Waals surface area contributed by atoms with E-state index in [1.165, 1.54) is 0 Å². The number of nitro benzene ring substituents is 2. The molecule has 0 aromatic heterocycles. The maximum absolute atomic E-state index is 11.6. The van der Waals surface area contributed by atoms with E-state index >= 15 is 0 Å². The maximum atomic E-state index is 11.6. The first-order valence-corrected chi connectivity index (χ1v) is 5.28. The van der Waals surface area contributed by atoms with E-state index in [9.17, 15) is 29.8 Å². The Morgan fingerprint density at radius 1 is 1.29 bits per heavy atom. The lowest BCUT2D eigenvalue weighted by atomic mass is 10.1. The van der Waals surface area contributed by atoms with E-state index in [-0.39, 0.29) is 0 Å². The Morgan fingerprint density at radius 3 is 2.33 bits per heavy atom. The predicted octanol–water partition coefficient (Wildman–Crippen LogP) is 0.786. The van der Waals surface area contributed by atoms with Crippen molar-refractivity contribution < 1.29 is 29.3 Å². The first-order valence-electron chi connectivity index (χ1n) is 5.28. The Morgan fingerprint density at radius 2 is 1.90 bits per heavy atom. The van der Waals surface area contributed by atoms with Crippen molar-refractivity contribution >= 4 is 29.0 Å². The van der Waals surface area contributed by atoms with Gasteiger partial charge in [-0.3, -0.25) is 25.0 Å². The Kier molecular flexibility index (Phi) is 4.72. The third-order valence-electron chi connectivity index (χ3n) is 2.33. The fraction of sp³-hybridized carbons (Fsp3) is 0.200. The molecule has 1 rings (SSSR count). The van der Waals surface area contributed by atoms with Gasteiger partial charge in [0.1, 0.15) is 12.2 Å². The maximum Gasteiger partial charge on any atom is 0.340 e. The van der Waals surface area contributed by atoms with Crippen LogP contribution in [0.2, 0.25) is 0 Å². The van der Waals surface area contributed by atoms with Crippen molar-refractivity contribution in [2.45, 2.75) is 0 Å². The summed E-state index contributed by atoms with van der Waals surface area (Å²) in [6, 6.07) is 1.39. The topological polar surface area (TPSA) is 162 Å². The fourth-order valence-electron chi connectivity index (χ4n) is 1.48. The molecule has 0 bridgehead atoms. The summed E-state index contributed by atoms with van der Waals surface area (Å²) in [5.41, 5.74) is -2.45. The van der Waals surface area contributed by atoms with Gasteiger partial charge in [0.2, 0.25) is 0 Å². The number of nitrogens with zero attached hydrogens (tertiary/aromatic N) is 2. The highest BCUT2D eigenvalue weighted by Gasteiger charge is 2.28. The second-order valence-corrected chi connectivity index (χ2v) is 3.64. The summed E-state index contributed by atoms with van der Waals surface area (Å²) in [6.45, 7) is -0.720. The number of carboxylic acids is 1. The van der Waals surface area contributed by atoms with Crippen molar-refractivity contribution in [2.24, 2.45) is 0 Å². The van der Waals surface area contributed by atoms with Gasteiger partial charge >= 0.3 is 11.9 Å². The molecular weight excluding hydrogens is 290 g/mol. The van der Waals surface area contributed by atoms with Gasteiger partial charge in [-0.1, -0.05) is 0 Å². The molecular formula is C10H9N3O8. The molecule has 0 atom stereocenters. The van der Waals surface area contributed by atoms with E-state index in [4.69, 9.17) is 5.11 Å². The zero-order valence-corrected chi connectivity index (χ0v) is 10.6. The molecule has 11 nitrogen and oxygen atoms in total. The number of hydrogen-bond donors (Lipinski definition) is 2. The molecule has 0 spiro atoms. The summed E-state index contributed by atoms with van der Waals surface area (Å²) in [4.78, 5) is 41.9. The second kappa shape index (κ2) is 6.27. The number of ether oxygens (including phenoxy) is 1. The van der Waals surface area contributed by atoms with Gasteiger partial charge in [-0.2, -0.15) is 0 Å². The van der Waals surface area contributed by atoms with Crippen LogP contribution < -0.4 is 5.32 Å². The normalized spacial score (nSPS) is 9.76. The Labute approximate surface area is 116 Å². The predicted molar refractivity (Wildman–Crippen MR) is 67.2 cm³/mol. The average Bonchev–Trinajstić information content (AvgIpc) is 2.42. The number of nitro groups is 2. The third kappa shape index (κ3) is 3.62. The van der Waals surface area contributed by atoms with Gasteiger partial charge in [0.25, 0.3) is 11.4 Å². The summed E-state index contributed by atoms with van der Waals surface area (Å²) < 4.78 is 4.38. The number of nitrogens with one attached hydrogen (secondary N) is 1. The lowest BCUT2D eigenvalue weighted by Crippen LogP contribution is -2.17. The van der Waals surface area contributed by atoms with E-state index in [1.807, 2.05) is 0 Å². The number of rotatable bonds is 6. The Hall–Kier alpha value is -3.24. The van der Waals surface area contributed by atoms with E-state index in [2.05, 4.69) is 10.1 Å². The summed E-state index contributed by atoms with van der Waals surface area (Å²) >= 11 is 0. The lowest BCUT2D eigenvalue weighted by molar-refractivity contribution is -0.393. The number of benzene rings is 1. The van der Waals surface area contributed by atoms with Gasteiger partial charge in [-0.25, -0.2) is 4.79 Å². The van der Waals surface area contributed by atoms with Crippen molar-refractivity contribution in [1.29, 1.82) is 0 Å². The number of carboxylic acid groups (broad SMARTS) is 1. The zero-order valence-electron chi connectivity index (χ0n) is 10.6. The molecule has 0 aliphatic rings. The first kappa shape index (κ1) is 15.8. The molecule has 1 aromatic carbocycles. The average molecular weight is 299 g/mol. The van der Waals surface area contributed by atoms with Crippen LogP contribution in [-0.4, -0.2) is 40.5 Å². The van der Waals surface area contributed by atoms with Gasteiger partial charge in [0.05, 0.1) is 28.6 Å². The van der Waals surface area contributed by atoms with Crippen LogP contribution in [0.15, 0.2) is 12.1 Å². The van der Waals surface area contributed by atoms with Crippen LogP contribution in [0.5, 0.6) is 0 Å². The van der Waals surface area contributed by atoms with E-state index in [0.29, 0.717) is 6.07 Å². The third-order valence-corrected chi connectivity index (χ3v) is 2.33. The van der Waals surface area contributed by atoms with Crippen LogP contribution in [0, 0.1) is 20.2 Å². The standard InChI is InChI=1S/C10H9N3O8/c1-21-10(16)6-2-5(12(17)18)3-7(13(19)20)9(6)11-4-8(14)15/h2-3,11H,4H2,1H3,(H,14,15). The van der Waals surface area contributed by atoms with Crippen molar-refractivity contribution in [3.8, 4) is 0 Å². The minimum absolute atomic E-state index is 0.458. The van der Waals surface area contributed by atoms with Crippen molar-refractivity contribution in [2.75, 3.05) is 19.0 Å². The number of carbonyl (C=O) groups excluding carboxylic acids is 1. The molecule has 0 fully saturated rings. The molecule has 0 amide bonds. The number of non-ortho nitro benzene ring substituents is 1. The molecule has 0 saturated heterocycles. The number of hydrogen-bond acceptors (Lipinski definition) is 8. The molecule has 0 unspecified atom stereocenters. The fourth-order valence-corrected chi connectivity index (χ4v) is 1.48. The number of esters is 1. The van der Waals surface area contributed by atoms with Crippen molar-refractivity contribution in [1.82, 2.24) is 0 Å². The van der Waals surface area contributed by atoms with Crippen molar-refractivity contribution in [3.05, 3.63) is 37.9 Å². The molecule has 0 saturated carbocycles. The Balaban J connectivity index is 3.53. The van der Waals surface area contributed by atoms with Crippen LogP contribution in [-0.2, 0) is 9.53 Å². The van der Waals surface area contributed by atoms with Gasteiger partial charge in [-0.15, -0.1) is 0 Å². The monoisotopic (exact) mass is 299 g/mol. The summed E-state index contributed by atoms with van der Waals surface area (Å²) in [6.07, 6.45) is 0. The van der Waals surface area contributed by atoms with Gasteiger partial charge in [0.15, 0.2) is 0 Å². The van der Waals surface area contributed by atoms with E-state index in [1.54, 1.807) is 0 Å². The smallest absolute Gasteiger partial charge is 0.340 e. The quantitative estimate of drug-likeness (QED) is 0.439. The van der Waals surface area contributed by atoms with Gasteiger partial charge in [0, 0.05) is 6.07 Å². The molecule has 1 aromatic rings. The molecule has 0 radical (unpaired) electrons. The van der Waals surface area contributed by atoms with Crippen molar-refractivity contribution in [3.63, 3.8) is 0 Å². The van der Waals surface area contributed by atoms with Crippen LogP contribution in [0.3, 0.4) is 0 Å². The minimum atomic E-state index is -1.33.